The van der Waals surface area contributed by atoms with Crippen LogP contribution in [0.4, 0.5) is 0 Å². The van der Waals surface area contributed by atoms with Gasteiger partial charge in [0.25, 0.3) is 5.91 Å². The van der Waals surface area contributed by atoms with Gasteiger partial charge in [0, 0.05) is 23.8 Å². The van der Waals surface area contributed by atoms with E-state index in [1.54, 1.807) is 12.3 Å². The molecule has 0 saturated heterocycles. The summed E-state index contributed by atoms with van der Waals surface area (Å²) in [6, 6.07) is 3.84. The van der Waals surface area contributed by atoms with Crippen molar-refractivity contribution >= 4 is 21.8 Å². The predicted molar refractivity (Wildman–Crippen MR) is 78.8 cm³/mol. The fourth-order valence-corrected chi connectivity index (χ4v) is 3.04. The van der Waals surface area contributed by atoms with Crippen molar-refractivity contribution in [2.24, 2.45) is 11.7 Å². The molecule has 19 heavy (non-hydrogen) atoms. The van der Waals surface area contributed by atoms with Gasteiger partial charge in [-0.1, -0.05) is 12.8 Å². The summed E-state index contributed by atoms with van der Waals surface area (Å²) in [6.07, 6.45) is 6.21. The summed E-state index contributed by atoms with van der Waals surface area (Å²) in [5.74, 6) is 0.399. The zero-order chi connectivity index (χ0) is 13.8. The van der Waals surface area contributed by atoms with Gasteiger partial charge in [0.1, 0.15) is 5.69 Å². The monoisotopic (exact) mass is 325 g/mol. The summed E-state index contributed by atoms with van der Waals surface area (Å²) in [5.41, 5.74) is 6.32. The standard InChI is InChI=1S/C14H20BrN3O/c1-18(13-5-3-2-4-10(13)8-16)14(19)12-7-6-11(15)9-17-12/h6-7,9-10,13H,2-5,8,16H2,1H3. The molecular formula is C14H20BrN3O. The maximum Gasteiger partial charge on any atom is 0.272 e. The highest BCUT2D eigenvalue weighted by atomic mass is 79.9. The molecule has 1 aromatic heterocycles. The number of hydrogen-bond donors (Lipinski definition) is 1. The van der Waals surface area contributed by atoms with Gasteiger partial charge in [0.05, 0.1) is 0 Å². The number of rotatable bonds is 3. The van der Waals surface area contributed by atoms with Crippen LogP contribution in [-0.4, -0.2) is 35.4 Å². The molecule has 1 saturated carbocycles. The molecule has 4 nitrogen and oxygen atoms in total. The number of amides is 1. The average Bonchev–Trinajstić information content (AvgIpc) is 2.46. The lowest BCUT2D eigenvalue weighted by atomic mass is 9.83. The average molecular weight is 326 g/mol. The van der Waals surface area contributed by atoms with Crippen molar-refractivity contribution in [1.29, 1.82) is 0 Å². The fourth-order valence-electron chi connectivity index (χ4n) is 2.81. The molecule has 0 radical (unpaired) electrons. The van der Waals surface area contributed by atoms with E-state index in [1.165, 1.54) is 12.8 Å². The molecule has 1 heterocycles. The molecule has 0 spiro atoms. The van der Waals surface area contributed by atoms with Crippen LogP contribution in [-0.2, 0) is 0 Å². The second kappa shape index (κ2) is 6.48. The van der Waals surface area contributed by atoms with Gasteiger partial charge >= 0.3 is 0 Å². The minimum absolute atomic E-state index is 0.0159. The van der Waals surface area contributed by atoms with Crippen LogP contribution in [0.2, 0.25) is 0 Å². The normalized spacial score (nSPS) is 23.1. The number of nitrogens with two attached hydrogens (primary N) is 1. The number of carbonyl (C=O) groups excluding carboxylic acids is 1. The maximum absolute atomic E-state index is 12.4. The fraction of sp³-hybridized carbons (Fsp3) is 0.571. The number of carbonyl (C=O) groups is 1. The Bertz CT molecular complexity index is 435. The number of pyridine rings is 1. The molecule has 5 heteroatoms. The van der Waals surface area contributed by atoms with E-state index in [2.05, 4.69) is 20.9 Å². The van der Waals surface area contributed by atoms with Crippen molar-refractivity contribution in [1.82, 2.24) is 9.88 Å². The van der Waals surface area contributed by atoms with Crippen molar-refractivity contribution in [3.8, 4) is 0 Å². The molecule has 1 fully saturated rings. The highest BCUT2D eigenvalue weighted by Crippen LogP contribution is 2.27. The first kappa shape index (κ1) is 14.5. The number of nitrogens with zero attached hydrogens (tertiary/aromatic N) is 2. The summed E-state index contributed by atoms with van der Waals surface area (Å²) in [4.78, 5) is 18.4. The predicted octanol–water partition coefficient (Wildman–Crippen LogP) is 2.43. The molecule has 0 aromatic carbocycles. The highest BCUT2D eigenvalue weighted by molar-refractivity contribution is 9.10. The van der Waals surface area contributed by atoms with Gasteiger partial charge in [-0.2, -0.15) is 0 Å². The van der Waals surface area contributed by atoms with Crippen LogP contribution in [0.5, 0.6) is 0 Å². The van der Waals surface area contributed by atoms with E-state index in [1.807, 2.05) is 18.0 Å². The Morgan fingerprint density at radius 1 is 1.47 bits per heavy atom. The lowest BCUT2D eigenvalue weighted by Gasteiger charge is -2.37. The Morgan fingerprint density at radius 3 is 2.84 bits per heavy atom. The highest BCUT2D eigenvalue weighted by Gasteiger charge is 2.30. The lowest BCUT2D eigenvalue weighted by molar-refractivity contribution is 0.0614. The van der Waals surface area contributed by atoms with E-state index in [0.717, 1.165) is 17.3 Å². The lowest BCUT2D eigenvalue weighted by Crippen LogP contribution is -2.46. The van der Waals surface area contributed by atoms with Gasteiger partial charge in [-0.15, -0.1) is 0 Å². The van der Waals surface area contributed by atoms with Crippen molar-refractivity contribution in [2.75, 3.05) is 13.6 Å². The topological polar surface area (TPSA) is 59.2 Å². The second-order valence-electron chi connectivity index (χ2n) is 5.13. The molecule has 2 atom stereocenters. The molecule has 1 aliphatic rings. The molecule has 0 bridgehead atoms. The molecule has 0 aliphatic heterocycles. The molecule has 2 N–H and O–H groups in total. The van der Waals surface area contributed by atoms with Gasteiger partial charge in [0.2, 0.25) is 0 Å². The largest absolute Gasteiger partial charge is 0.337 e. The molecular weight excluding hydrogens is 306 g/mol. The van der Waals surface area contributed by atoms with Gasteiger partial charge in [0.15, 0.2) is 0 Å². The summed E-state index contributed by atoms with van der Waals surface area (Å²) in [6.45, 7) is 0.649. The zero-order valence-corrected chi connectivity index (χ0v) is 12.8. The van der Waals surface area contributed by atoms with Crippen LogP contribution < -0.4 is 5.73 Å². The quantitative estimate of drug-likeness (QED) is 0.928. The van der Waals surface area contributed by atoms with Crippen LogP contribution in [0, 0.1) is 5.92 Å². The SMILES string of the molecule is CN(C(=O)c1ccc(Br)cn1)C1CCCCC1CN. The zero-order valence-electron chi connectivity index (χ0n) is 11.2. The van der Waals surface area contributed by atoms with E-state index in [0.29, 0.717) is 18.2 Å². The van der Waals surface area contributed by atoms with Crippen molar-refractivity contribution in [3.05, 3.63) is 28.5 Å². The number of hydrogen-bond acceptors (Lipinski definition) is 3. The van der Waals surface area contributed by atoms with E-state index < -0.39 is 0 Å². The van der Waals surface area contributed by atoms with Crippen LogP contribution >= 0.6 is 15.9 Å². The third-order valence-electron chi connectivity index (χ3n) is 3.94. The Hall–Kier alpha value is -0.940. The number of halogens is 1. The van der Waals surface area contributed by atoms with Crippen molar-refractivity contribution in [2.45, 2.75) is 31.7 Å². The first-order chi connectivity index (χ1) is 9.13. The van der Waals surface area contributed by atoms with Gasteiger partial charge in [-0.05, 0) is 53.4 Å². The van der Waals surface area contributed by atoms with E-state index in [4.69, 9.17) is 5.73 Å². The van der Waals surface area contributed by atoms with Crippen molar-refractivity contribution < 1.29 is 4.79 Å². The summed E-state index contributed by atoms with van der Waals surface area (Å²) in [7, 11) is 1.87. The van der Waals surface area contributed by atoms with Crippen LogP contribution in [0.25, 0.3) is 0 Å². The minimum atomic E-state index is -0.0159. The van der Waals surface area contributed by atoms with Crippen molar-refractivity contribution in [3.63, 3.8) is 0 Å². The smallest absolute Gasteiger partial charge is 0.272 e. The van der Waals surface area contributed by atoms with E-state index >= 15 is 0 Å². The Balaban J connectivity index is 2.11. The molecule has 2 rings (SSSR count). The van der Waals surface area contributed by atoms with Gasteiger partial charge in [-0.3, -0.25) is 4.79 Å². The maximum atomic E-state index is 12.4. The van der Waals surface area contributed by atoms with Crippen LogP contribution in [0.15, 0.2) is 22.8 Å². The Morgan fingerprint density at radius 2 is 2.21 bits per heavy atom. The summed E-state index contributed by atoms with van der Waals surface area (Å²) < 4.78 is 0.879. The first-order valence-electron chi connectivity index (χ1n) is 6.72. The first-order valence-corrected chi connectivity index (χ1v) is 7.51. The van der Waals surface area contributed by atoms with Gasteiger partial charge < -0.3 is 10.6 Å². The Kier molecular flexibility index (Phi) is 4.93. The molecule has 1 aromatic rings. The van der Waals surface area contributed by atoms with Gasteiger partial charge in [-0.25, -0.2) is 4.98 Å². The van der Waals surface area contributed by atoms with Crippen LogP contribution in [0.3, 0.4) is 0 Å². The second-order valence-corrected chi connectivity index (χ2v) is 6.04. The molecule has 2 unspecified atom stereocenters. The molecule has 1 amide bonds. The summed E-state index contributed by atoms with van der Waals surface area (Å²) >= 11 is 3.33. The summed E-state index contributed by atoms with van der Waals surface area (Å²) in [5, 5.41) is 0. The number of aromatic nitrogens is 1. The third kappa shape index (κ3) is 3.34. The minimum Gasteiger partial charge on any atom is -0.337 e. The van der Waals surface area contributed by atoms with Crippen LogP contribution in [0.1, 0.15) is 36.2 Å². The molecule has 104 valence electrons. The Labute approximate surface area is 122 Å². The third-order valence-corrected chi connectivity index (χ3v) is 4.41. The molecule has 1 aliphatic carbocycles. The van der Waals surface area contributed by atoms with E-state index in [-0.39, 0.29) is 11.9 Å². The van der Waals surface area contributed by atoms with E-state index in [9.17, 15) is 4.79 Å².